The van der Waals surface area contributed by atoms with Gasteiger partial charge in [0.25, 0.3) is 0 Å². The molecule has 0 bridgehead atoms. The molecule has 1 N–H and O–H groups in total. The minimum Gasteiger partial charge on any atom is -0.332 e. The molecule has 5 nitrogen and oxygen atoms in total. The van der Waals surface area contributed by atoms with E-state index in [1.165, 1.54) is 12.8 Å². The van der Waals surface area contributed by atoms with Crippen LogP contribution in [0.4, 0.5) is 0 Å². The van der Waals surface area contributed by atoms with Crippen LogP contribution in [-0.2, 0) is 9.59 Å². The highest BCUT2D eigenvalue weighted by Crippen LogP contribution is 2.25. The topological polar surface area (TPSA) is 52.7 Å². The fourth-order valence-electron chi connectivity index (χ4n) is 4.00. The van der Waals surface area contributed by atoms with Crippen molar-refractivity contribution < 1.29 is 9.59 Å². The number of nitrogens with zero attached hydrogens (tertiary/aromatic N) is 2. The Hall–Kier alpha value is -1.10. The molecule has 0 radical (unpaired) electrons. The summed E-state index contributed by atoms with van der Waals surface area (Å²) >= 11 is 0. The van der Waals surface area contributed by atoms with Crippen LogP contribution in [0.1, 0.15) is 53.4 Å². The zero-order valence-electron chi connectivity index (χ0n) is 14.5. The number of rotatable bonds is 4. The van der Waals surface area contributed by atoms with E-state index in [1.807, 2.05) is 18.7 Å². The largest absolute Gasteiger partial charge is 0.332 e. The number of piperidine rings is 1. The lowest BCUT2D eigenvalue weighted by atomic mass is 9.92. The number of hydrogen-bond donors (Lipinski definition) is 1. The number of amides is 2. The van der Waals surface area contributed by atoms with Crippen molar-refractivity contribution >= 4 is 11.8 Å². The van der Waals surface area contributed by atoms with E-state index in [9.17, 15) is 9.59 Å². The highest BCUT2D eigenvalue weighted by Gasteiger charge is 2.41. The lowest BCUT2D eigenvalue weighted by molar-refractivity contribution is -0.155. The number of piperazine rings is 1. The van der Waals surface area contributed by atoms with Crippen molar-refractivity contribution in [2.45, 2.75) is 65.0 Å². The first-order valence-corrected chi connectivity index (χ1v) is 8.62. The van der Waals surface area contributed by atoms with Crippen molar-refractivity contribution in [2.24, 2.45) is 5.92 Å². The molecule has 0 aliphatic carbocycles. The van der Waals surface area contributed by atoms with Gasteiger partial charge in [0, 0.05) is 19.0 Å². The van der Waals surface area contributed by atoms with Gasteiger partial charge >= 0.3 is 0 Å². The monoisotopic (exact) mass is 309 g/mol. The van der Waals surface area contributed by atoms with E-state index >= 15 is 0 Å². The van der Waals surface area contributed by atoms with Gasteiger partial charge in [-0.05, 0) is 66.0 Å². The highest BCUT2D eigenvalue weighted by molar-refractivity contribution is 5.87. The summed E-state index contributed by atoms with van der Waals surface area (Å²) in [5.41, 5.74) is -0.284. The first-order chi connectivity index (χ1) is 10.3. The number of nitrogens with one attached hydrogen (secondary N) is 1. The van der Waals surface area contributed by atoms with Crippen molar-refractivity contribution in [2.75, 3.05) is 26.2 Å². The smallest absolute Gasteiger partial charge is 0.242 e. The highest BCUT2D eigenvalue weighted by atomic mass is 16.2. The predicted octanol–water partition coefficient (Wildman–Crippen LogP) is 1.62. The van der Waals surface area contributed by atoms with Crippen molar-refractivity contribution in [1.29, 1.82) is 0 Å². The predicted molar refractivity (Wildman–Crippen MR) is 87.5 cm³/mol. The first-order valence-electron chi connectivity index (χ1n) is 8.62. The normalized spacial score (nSPS) is 23.2. The molecule has 2 aliphatic rings. The van der Waals surface area contributed by atoms with Crippen molar-refractivity contribution in [3.63, 3.8) is 0 Å². The standard InChI is InChI=1S/C17H31N3O2/c1-13(2)20-16(22)11-19(12-17(20,3)4)15(21)6-5-14-7-9-18-10-8-14/h13-14,18H,5-12H2,1-4H3. The number of carbonyl (C=O) groups is 2. The summed E-state index contributed by atoms with van der Waals surface area (Å²) in [4.78, 5) is 28.6. The molecule has 5 heteroatoms. The van der Waals surface area contributed by atoms with E-state index < -0.39 is 0 Å². The maximum Gasteiger partial charge on any atom is 0.242 e. The summed E-state index contributed by atoms with van der Waals surface area (Å²) in [5.74, 6) is 0.871. The summed E-state index contributed by atoms with van der Waals surface area (Å²) in [6, 6.07) is 0.175. The molecule has 126 valence electrons. The first kappa shape index (κ1) is 17.3. The van der Waals surface area contributed by atoms with Gasteiger partial charge in [-0.25, -0.2) is 0 Å². The van der Waals surface area contributed by atoms with Gasteiger partial charge in [-0.1, -0.05) is 0 Å². The van der Waals surface area contributed by atoms with Gasteiger partial charge in [0.1, 0.15) is 0 Å². The molecule has 2 saturated heterocycles. The Bertz CT molecular complexity index is 414. The van der Waals surface area contributed by atoms with E-state index in [4.69, 9.17) is 0 Å². The third-order valence-corrected chi connectivity index (χ3v) is 4.92. The summed E-state index contributed by atoms with van der Waals surface area (Å²) < 4.78 is 0. The van der Waals surface area contributed by atoms with E-state index in [2.05, 4.69) is 19.2 Å². The Balaban J connectivity index is 1.89. The number of hydrogen-bond acceptors (Lipinski definition) is 3. The summed E-state index contributed by atoms with van der Waals surface area (Å²) in [6.07, 6.45) is 3.87. The van der Waals surface area contributed by atoms with Gasteiger partial charge in [-0.2, -0.15) is 0 Å². The molecule has 2 rings (SSSR count). The van der Waals surface area contributed by atoms with Gasteiger partial charge in [-0.3, -0.25) is 9.59 Å². The summed E-state index contributed by atoms with van der Waals surface area (Å²) in [6.45, 7) is 11.2. The second-order valence-electron chi connectivity index (χ2n) is 7.65. The van der Waals surface area contributed by atoms with E-state index in [-0.39, 0.29) is 29.9 Å². The zero-order chi connectivity index (χ0) is 16.3. The molecule has 0 aromatic heterocycles. The molecule has 2 aliphatic heterocycles. The molecule has 0 spiro atoms. The Morgan fingerprint density at radius 3 is 2.50 bits per heavy atom. The molecule has 0 aromatic rings. The van der Waals surface area contributed by atoms with Crippen molar-refractivity contribution in [1.82, 2.24) is 15.1 Å². The lowest BCUT2D eigenvalue weighted by Gasteiger charge is -2.49. The van der Waals surface area contributed by atoms with Crippen LogP contribution in [0.25, 0.3) is 0 Å². The SMILES string of the molecule is CC(C)N1C(=O)CN(C(=O)CCC2CCNCC2)CC1(C)C. The fraction of sp³-hybridized carbons (Fsp3) is 0.882. The molecule has 2 amide bonds. The van der Waals surface area contributed by atoms with Crippen LogP contribution in [0.3, 0.4) is 0 Å². The van der Waals surface area contributed by atoms with Crippen LogP contribution < -0.4 is 5.32 Å². The van der Waals surface area contributed by atoms with Gasteiger partial charge in [0.05, 0.1) is 12.1 Å². The molecule has 0 saturated carbocycles. The van der Waals surface area contributed by atoms with Crippen LogP contribution in [-0.4, -0.2) is 59.4 Å². The molecule has 0 aromatic carbocycles. The van der Waals surface area contributed by atoms with Gasteiger partial charge < -0.3 is 15.1 Å². The lowest BCUT2D eigenvalue weighted by Crippen LogP contribution is -2.64. The quantitative estimate of drug-likeness (QED) is 0.858. The number of carbonyl (C=O) groups excluding carboxylic acids is 2. The summed E-state index contributed by atoms with van der Waals surface area (Å²) in [7, 11) is 0. The van der Waals surface area contributed by atoms with Crippen molar-refractivity contribution in [3.8, 4) is 0 Å². The van der Waals surface area contributed by atoms with Crippen LogP contribution in [0, 0.1) is 5.92 Å². The second-order valence-corrected chi connectivity index (χ2v) is 7.65. The average Bonchev–Trinajstić information content (AvgIpc) is 2.43. The van der Waals surface area contributed by atoms with Gasteiger partial charge in [-0.15, -0.1) is 0 Å². The molecule has 2 heterocycles. The molecule has 0 atom stereocenters. The maximum atomic E-state index is 12.5. The van der Waals surface area contributed by atoms with Crippen LogP contribution in [0.5, 0.6) is 0 Å². The van der Waals surface area contributed by atoms with E-state index in [0.29, 0.717) is 18.9 Å². The van der Waals surface area contributed by atoms with Gasteiger partial charge in [0.15, 0.2) is 0 Å². The molecule has 2 fully saturated rings. The second kappa shape index (κ2) is 6.99. The maximum absolute atomic E-state index is 12.5. The van der Waals surface area contributed by atoms with Crippen molar-refractivity contribution in [3.05, 3.63) is 0 Å². The van der Waals surface area contributed by atoms with Crippen LogP contribution in [0.15, 0.2) is 0 Å². The Kier molecular flexibility index (Phi) is 5.48. The minimum atomic E-state index is -0.284. The van der Waals surface area contributed by atoms with E-state index in [0.717, 1.165) is 19.5 Å². The Morgan fingerprint density at radius 1 is 1.32 bits per heavy atom. The third-order valence-electron chi connectivity index (χ3n) is 4.92. The van der Waals surface area contributed by atoms with Crippen LogP contribution in [0.2, 0.25) is 0 Å². The molecular weight excluding hydrogens is 278 g/mol. The zero-order valence-corrected chi connectivity index (χ0v) is 14.5. The summed E-state index contributed by atoms with van der Waals surface area (Å²) in [5, 5.41) is 3.35. The Morgan fingerprint density at radius 2 is 1.95 bits per heavy atom. The molecular formula is C17H31N3O2. The van der Waals surface area contributed by atoms with E-state index in [1.54, 1.807) is 4.90 Å². The van der Waals surface area contributed by atoms with Crippen LogP contribution >= 0.6 is 0 Å². The fourth-order valence-corrected chi connectivity index (χ4v) is 4.00. The average molecular weight is 309 g/mol. The molecule has 22 heavy (non-hydrogen) atoms. The third kappa shape index (κ3) is 4.00. The van der Waals surface area contributed by atoms with Gasteiger partial charge in [0.2, 0.25) is 11.8 Å². The minimum absolute atomic E-state index is 0.0708. The molecule has 0 unspecified atom stereocenters. The Labute approximate surface area is 134 Å².